The number of carbonyl (C=O) groups is 1. The lowest BCUT2D eigenvalue weighted by Crippen LogP contribution is -2.38. The highest BCUT2D eigenvalue weighted by molar-refractivity contribution is 5.85. The van der Waals surface area contributed by atoms with Gasteiger partial charge in [0.25, 0.3) is 5.60 Å². The zero-order valence-corrected chi connectivity index (χ0v) is 13.9. The predicted octanol–water partition coefficient (Wildman–Crippen LogP) is 3.78. The van der Waals surface area contributed by atoms with Crippen LogP contribution in [0, 0.1) is 11.8 Å². The summed E-state index contributed by atoms with van der Waals surface area (Å²) in [5, 5.41) is 0. The normalized spacial score (nSPS) is 18.0. The molecule has 1 aliphatic rings. The molecule has 0 radical (unpaired) electrons. The Labute approximate surface area is 142 Å². The molecule has 3 nitrogen and oxygen atoms in total. The molecule has 0 saturated heterocycles. The summed E-state index contributed by atoms with van der Waals surface area (Å²) >= 11 is 0. The number of fused-ring (bicyclic) bond motifs is 1. The lowest BCUT2D eigenvalue weighted by Gasteiger charge is -2.27. The number of ether oxygens (including phenoxy) is 2. The molecule has 0 N–H and O–H groups in total. The molecule has 0 heterocycles. The van der Waals surface area contributed by atoms with E-state index in [1.54, 1.807) is 6.92 Å². The minimum Gasteiger partial charge on any atom is -0.454 e. The molecule has 3 heteroatoms. The van der Waals surface area contributed by atoms with Crippen LogP contribution in [0.5, 0.6) is 0 Å². The molecule has 2 atom stereocenters. The first-order valence-electron chi connectivity index (χ1n) is 8.04. The third kappa shape index (κ3) is 2.81. The number of esters is 1. The van der Waals surface area contributed by atoms with Crippen molar-refractivity contribution in [2.24, 2.45) is 0 Å². The van der Waals surface area contributed by atoms with Crippen LogP contribution >= 0.6 is 0 Å². The Balaban J connectivity index is 1.92. The van der Waals surface area contributed by atoms with Gasteiger partial charge in [-0.3, -0.25) is 0 Å². The number of rotatable bonds is 4. The molecule has 2 aromatic rings. The quantitative estimate of drug-likeness (QED) is 0.635. The van der Waals surface area contributed by atoms with Crippen LogP contribution in [0.2, 0.25) is 0 Å². The largest absolute Gasteiger partial charge is 0.454 e. The molecular formula is C21H20O3. The van der Waals surface area contributed by atoms with E-state index in [1.165, 1.54) is 12.7 Å². The summed E-state index contributed by atoms with van der Waals surface area (Å²) in [5.41, 5.74) is 1.60. The molecule has 122 valence electrons. The second-order valence-corrected chi connectivity index (χ2v) is 5.76. The van der Waals surface area contributed by atoms with Gasteiger partial charge in [0.1, 0.15) is 6.10 Å². The molecule has 0 amide bonds. The Kier molecular flexibility index (Phi) is 4.69. The third-order valence-corrected chi connectivity index (χ3v) is 4.40. The SMILES string of the molecule is CC#C[C@@](OC)(C(=O)O[C@H]1CCc2ccccc21)c1ccccc1. The van der Waals surface area contributed by atoms with E-state index in [1.807, 2.05) is 48.5 Å². The van der Waals surface area contributed by atoms with Gasteiger partial charge >= 0.3 is 5.97 Å². The summed E-state index contributed by atoms with van der Waals surface area (Å²) < 4.78 is 11.4. The summed E-state index contributed by atoms with van der Waals surface area (Å²) in [4.78, 5) is 13.0. The maximum absolute atomic E-state index is 13.0. The van der Waals surface area contributed by atoms with Gasteiger partial charge in [-0.05, 0) is 30.9 Å². The van der Waals surface area contributed by atoms with Crippen LogP contribution in [-0.4, -0.2) is 13.1 Å². The molecule has 0 bridgehead atoms. The van der Waals surface area contributed by atoms with E-state index in [0.717, 1.165) is 18.4 Å². The molecule has 0 fully saturated rings. The smallest absolute Gasteiger partial charge is 0.356 e. The number of benzene rings is 2. The zero-order chi connectivity index (χ0) is 17.0. The van der Waals surface area contributed by atoms with E-state index in [2.05, 4.69) is 17.9 Å². The van der Waals surface area contributed by atoms with Crippen LogP contribution in [0.3, 0.4) is 0 Å². The first-order valence-corrected chi connectivity index (χ1v) is 8.04. The first-order chi connectivity index (χ1) is 11.7. The van der Waals surface area contributed by atoms with Gasteiger partial charge in [-0.25, -0.2) is 4.79 Å². The van der Waals surface area contributed by atoms with Gasteiger partial charge in [0, 0.05) is 12.7 Å². The highest BCUT2D eigenvalue weighted by atomic mass is 16.6. The minimum atomic E-state index is -1.40. The second kappa shape index (κ2) is 6.90. The van der Waals surface area contributed by atoms with Crippen LogP contribution in [0.15, 0.2) is 54.6 Å². The topological polar surface area (TPSA) is 35.5 Å². The van der Waals surface area contributed by atoms with Gasteiger partial charge in [0.05, 0.1) is 0 Å². The lowest BCUT2D eigenvalue weighted by atomic mass is 9.94. The van der Waals surface area contributed by atoms with E-state index in [-0.39, 0.29) is 6.10 Å². The number of hydrogen-bond acceptors (Lipinski definition) is 3. The highest BCUT2D eigenvalue weighted by Gasteiger charge is 2.42. The highest BCUT2D eigenvalue weighted by Crippen LogP contribution is 2.36. The van der Waals surface area contributed by atoms with Gasteiger partial charge in [-0.2, -0.15) is 0 Å². The summed E-state index contributed by atoms with van der Waals surface area (Å²) in [6, 6.07) is 17.3. The third-order valence-electron chi connectivity index (χ3n) is 4.40. The van der Waals surface area contributed by atoms with Gasteiger partial charge in [-0.15, -0.1) is 5.92 Å². The van der Waals surface area contributed by atoms with Crippen molar-refractivity contribution in [2.45, 2.75) is 31.5 Å². The summed E-state index contributed by atoms with van der Waals surface area (Å²) in [7, 11) is 1.49. The van der Waals surface area contributed by atoms with Crippen LogP contribution in [0.25, 0.3) is 0 Å². The number of carbonyl (C=O) groups excluding carboxylic acids is 1. The molecule has 0 unspecified atom stereocenters. The van der Waals surface area contributed by atoms with Crippen molar-refractivity contribution in [1.29, 1.82) is 0 Å². The van der Waals surface area contributed by atoms with Crippen molar-refractivity contribution in [1.82, 2.24) is 0 Å². The summed E-state index contributed by atoms with van der Waals surface area (Å²) in [6.07, 6.45) is 1.46. The summed E-state index contributed by atoms with van der Waals surface area (Å²) in [5.74, 6) is 5.25. The Morgan fingerprint density at radius 3 is 2.54 bits per heavy atom. The molecule has 0 aliphatic heterocycles. The fourth-order valence-electron chi connectivity index (χ4n) is 3.19. The Morgan fingerprint density at radius 1 is 1.12 bits per heavy atom. The summed E-state index contributed by atoms with van der Waals surface area (Å²) in [6.45, 7) is 1.69. The van der Waals surface area contributed by atoms with Gasteiger partial charge in [-0.1, -0.05) is 60.5 Å². The predicted molar refractivity (Wildman–Crippen MR) is 92.2 cm³/mol. The van der Waals surface area contributed by atoms with Crippen LogP contribution < -0.4 is 0 Å². The molecule has 24 heavy (non-hydrogen) atoms. The fourth-order valence-corrected chi connectivity index (χ4v) is 3.19. The van der Waals surface area contributed by atoms with E-state index in [0.29, 0.717) is 5.56 Å². The molecule has 0 aromatic heterocycles. The van der Waals surface area contributed by atoms with E-state index >= 15 is 0 Å². The molecular weight excluding hydrogens is 300 g/mol. The molecule has 1 aliphatic carbocycles. The average Bonchev–Trinajstić information content (AvgIpc) is 3.03. The van der Waals surface area contributed by atoms with Gasteiger partial charge < -0.3 is 9.47 Å². The molecule has 0 spiro atoms. The number of methoxy groups -OCH3 is 1. The molecule has 3 rings (SSSR count). The van der Waals surface area contributed by atoms with Crippen molar-refractivity contribution in [3.8, 4) is 11.8 Å². The van der Waals surface area contributed by atoms with Gasteiger partial charge in [0.15, 0.2) is 0 Å². The standard InChI is InChI=1S/C21H20O3/c1-3-15-21(23-2,17-10-5-4-6-11-17)20(22)24-19-14-13-16-9-7-8-12-18(16)19/h4-12,19H,13-14H2,1-2H3/t19-,21-/m0/s1. The molecule has 0 saturated carbocycles. The Bertz CT molecular complexity index is 785. The van der Waals surface area contributed by atoms with Crippen molar-refractivity contribution in [3.05, 3.63) is 71.3 Å². The van der Waals surface area contributed by atoms with Crippen molar-refractivity contribution in [3.63, 3.8) is 0 Å². The van der Waals surface area contributed by atoms with E-state index in [9.17, 15) is 4.79 Å². The average molecular weight is 320 g/mol. The second-order valence-electron chi connectivity index (χ2n) is 5.76. The maximum atomic E-state index is 13.0. The van der Waals surface area contributed by atoms with Crippen LogP contribution in [-0.2, 0) is 26.3 Å². The Hall–Kier alpha value is -2.57. The van der Waals surface area contributed by atoms with Crippen LogP contribution in [0.4, 0.5) is 0 Å². The van der Waals surface area contributed by atoms with Crippen LogP contribution in [0.1, 0.15) is 36.1 Å². The minimum absolute atomic E-state index is 0.245. The number of aryl methyl sites for hydroxylation is 1. The van der Waals surface area contributed by atoms with E-state index < -0.39 is 11.6 Å². The number of hydrogen-bond donors (Lipinski definition) is 0. The van der Waals surface area contributed by atoms with Crippen molar-refractivity contribution < 1.29 is 14.3 Å². The fraction of sp³-hybridized carbons (Fsp3) is 0.286. The zero-order valence-electron chi connectivity index (χ0n) is 13.9. The van der Waals surface area contributed by atoms with E-state index in [4.69, 9.17) is 9.47 Å². The monoisotopic (exact) mass is 320 g/mol. The Morgan fingerprint density at radius 2 is 1.83 bits per heavy atom. The molecule has 2 aromatic carbocycles. The van der Waals surface area contributed by atoms with Crippen molar-refractivity contribution >= 4 is 5.97 Å². The first kappa shape index (κ1) is 16.3. The maximum Gasteiger partial charge on any atom is 0.356 e. The van der Waals surface area contributed by atoms with Crippen molar-refractivity contribution in [2.75, 3.05) is 7.11 Å². The van der Waals surface area contributed by atoms with Gasteiger partial charge in [0.2, 0.25) is 0 Å². The lowest BCUT2D eigenvalue weighted by molar-refractivity contribution is -0.169.